The number of nitrogens with zero attached hydrogens (tertiary/aromatic N) is 2. The van der Waals surface area contributed by atoms with E-state index in [4.69, 9.17) is 9.97 Å². The van der Waals surface area contributed by atoms with Gasteiger partial charge in [0.15, 0.2) is 5.82 Å². The topological polar surface area (TPSA) is 25.8 Å². The molecule has 53 heavy (non-hydrogen) atoms. The molecule has 0 N–H and O–H groups in total. The summed E-state index contributed by atoms with van der Waals surface area (Å²) < 4.78 is 2.53. The van der Waals surface area contributed by atoms with Crippen molar-refractivity contribution in [1.29, 1.82) is 0 Å². The van der Waals surface area contributed by atoms with E-state index in [-0.39, 0.29) is 0 Å². The zero-order valence-corrected chi connectivity index (χ0v) is 29.4. The number of hydrogen-bond acceptors (Lipinski definition) is 3. The minimum atomic E-state index is 0.716. The first kappa shape index (κ1) is 30.0. The molecule has 2 heterocycles. The minimum Gasteiger partial charge on any atom is -0.228 e. The van der Waals surface area contributed by atoms with Crippen molar-refractivity contribution >= 4 is 63.8 Å². The molecule has 11 rings (SSSR count). The van der Waals surface area contributed by atoms with Crippen LogP contribution in [0.3, 0.4) is 0 Å². The summed E-state index contributed by atoms with van der Waals surface area (Å²) in [5, 5.41) is 10.3. The molecule has 9 aromatic carbocycles. The van der Waals surface area contributed by atoms with Gasteiger partial charge in [0, 0.05) is 42.4 Å². The number of hydrogen-bond donors (Lipinski definition) is 0. The SMILES string of the molecule is c1ccc(-c2cc(-c3ccccc3)nc(-c3ccc4sc5ccccc5c4c3-c3ccc(-c4ccc5ccc6cccc7ccc4c5c67)cc3)n2)cc1. The Hall–Kier alpha value is -6.68. The molecular weight excluding hydrogens is 661 g/mol. The largest absolute Gasteiger partial charge is 0.228 e. The highest BCUT2D eigenvalue weighted by molar-refractivity contribution is 7.26. The Kier molecular flexibility index (Phi) is 6.76. The number of aromatic nitrogens is 2. The fourth-order valence-corrected chi connectivity index (χ4v) is 9.30. The Labute approximate surface area is 310 Å². The maximum atomic E-state index is 5.29. The first-order valence-electron chi connectivity index (χ1n) is 18.0. The van der Waals surface area contributed by atoms with Crippen molar-refractivity contribution in [3.05, 3.63) is 182 Å². The van der Waals surface area contributed by atoms with E-state index in [0.717, 1.165) is 39.2 Å². The molecule has 0 bridgehead atoms. The predicted octanol–water partition coefficient (Wildman–Crippen LogP) is 14.1. The number of fused-ring (bicyclic) bond motifs is 3. The Bertz CT molecular complexity index is 3070. The van der Waals surface area contributed by atoms with Gasteiger partial charge in [0.1, 0.15) is 0 Å². The lowest BCUT2D eigenvalue weighted by Gasteiger charge is -2.16. The van der Waals surface area contributed by atoms with Crippen LogP contribution in [0.25, 0.3) is 109 Å². The predicted molar refractivity (Wildman–Crippen MR) is 226 cm³/mol. The zero-order chi connectivity index (χ0) is 34.9. The first-order chi connectivity index (χ1) is 26.3. The summed E-state index contributed by atoms with van der Waals surface area (Å²) in [6.45, 7) is 0. The van der Waals surface area contributed by atoms with Crippen LogP contribution in [-0.4, -0.2) is 9.97 Å². The molecule has 0 aliphatic carbocycles. The molecule has 0 amide bonds. The highest BCUT2D eigenvalue weighted by atomic mass is 32.1. The second-order valence-corrected chi connectivity index (χ2v) is 14.8. The molecule has 2 aromatic heterocycles. The average Bonchev–Trinajstić information content (AvgIpc) is 3.62. The van der Waals surface area contributed by atoms with Crippen LogP contribution in [-0.2, 0) is 0 Å². The van der Waals surface area contributed by atoms with Crippen LogP contribution in [0.2, 0.25) is 0 Å². The van der Waals surface area contributed by atoms with Gasteiger partial charge in [0.05, 0.1) is 11.4 Å². The van der Waals surface area contributed by atoms with Crippen LogP contribution in [0, 0.1) is 0 Å². The van der Waals surface area contributed by atoms with E-state index in [9.17, 15) is 0 Å². The molecule has 0 saturated carbocycles. The van der Waals surface area contributed by atoms with Crippen molar-refractivity contribution in [3.63, 3.8) is 0 Å². The van der Waals surface area contributed by atoms with E-state index < -0.39 is 0 Å². The minimum absolute atomic E-state index is 0.716. The van der Waals surface area contributed by atoms with E-state index in [1.54, 1.807) is 0 Å². The van der Waals surface area contributed by atoms with Crippen molar-refractivity contribution in [2.45, 2.75) is 0 Å². The van der Waals surface area contributed by atoms with Gasteiger partial charge in [0.2, 0.25) is 0 Å². The number of thiophene rings is 1. The average molecular weight is 691 g/mol. The summed E-state index contributed by atoms with van der Waals surface area (Å²) in [5.41, 5.74) is 9.70. The Balaban J connectivity index is 1.14. The van der Waals surface area contributed by atoms with E-state index in [0.29, 0.717) is 5.82 Å². The third kappa shape index (κ3) is 4.86. The summed E-state index contributed by atoms with van der Waals surface area (Å²) in [6, 6.07) is 65.5. The van der Waals surface area contributed by atoms with E-state index in [1.165, 1.54) is 63.6 Å². The molecule has 3 heteroatoms. The van der Waals surface area contributed by atoms with E-state index in [1.807, 2.05) is 23.5 Å². The van der Waals surface area contributed by atoms with Gasteiger partial charge < -0.3 is 0 Å². The Morgan fingerprint density at radius 1 is 0.340 bits per heavy atom. The highest BCUT2D eigenvalue weighted by Crippen LogP contribution is 2.46. The van der Waals surface area contributed by atoms with Gasteiger partial charge in [0.25, 0.3) is 0 Å². The summed E-state index contributed by atoms with van der Waals surface area (Å²) >= 11 is 1.84. The van der Waals surface area contributed by atoms with Crippen molar-refractivity contribution in [1.82, 2.24) is 9.97 Å². The third-order valence-corrected chi connectivity index (χ3v) is 11.8. The Morgan fingerprint density at radius 3 is 1.64 bits per heavy atom. The third-order valence-electron chi connectivity index (χ3n) is 10.7. The van der Waals surface area contributed by atoms with Crippen molar-refractivity contribution in [2.24, 2.45) is 0 Å². The maximum Gasteiger partial charge on any atom is 0.161 e. The van der Waals surface area contributed by atoms with Crippen LogP contribution >= 0.6 is 11.3 Å². The summed E-state index contributed by atoms with van der Waals surface area (Å²) in [7, 11) is 0. The second-order valence-electron chi connectivity index (χ2n) is 13.7. The molecule has 0 spiro atoms. The summed E-state index contributed by atoms with van der Waals surface area (Å²) in [4.78, 5) is 10.6. The van der Waals surface area contributed by atoms with Crippen LogP contribution < -0.4 is 0 Å². The highest BCUT2D eigenvalue weighted by Gasteiger charge is 2.20. The zero-order valence-electron chi connectivity index (χ0n) is 28.6. The fraction of sp³-hybridized carbons (Fsp3) is 0. The normalized spacial score (nSPS) is 11.8. The molecule has 0 atom stereocenters. The second kappa shape index (κ2) is 11.9. The van der Waals surface area contributed by atoms with Gasteiger partial charge >= 0.3 is 0 Å². The quantitative estimate of drug-likeness (QED) is 0.168. The summed E-state index contributed by atoms with van der Waals surface area (Å²) in [6.07, 6.45) is 0. The van der Waals surface area contributed by atoms with Gasteiger partial charge in [-0.3, -0.25) is 0 Å². The van der Waals surface area contributed by atoms with Gasteiger partial charge in [-0.1, -0.05) is 158 Å². The molecule has 0 aliphatic rings. The molecule has 246 valence electrons. The lowest BCUT2D eigenvalue weighted by atomic mass is 9.89. The van der Waals surface area contributed by atoms with Crippen LogP contribution in [0.4, 0.5) is 0 Å². The molecule has 11 aromatic rings. The van der Waals surface area contributed by atoms with Crippen molar-refractivity contribution in [3.8, 4) is 56.2 Å². The molecule has 0 unspecified atom stereocenters. The molecule has 0 radical (unpaired) electrons. The first-order valence-corrected chi connectivity index (χ1v) is 18.8. The lowest BCUT2D eigenvalue weighted by Crippen LogP contribution is -1.98. The standard InChI is InChI=1S/C50H30N2S/c1-3-10-32(11-4-1)42-30-43(33-12-5-2-6-13-33)52-50(51-42)41-28-29-45-49(40-16-7-8-17-44(40)53-45)48(41)36-20-18-31(19-21-36)38-26-24-37-23-22-34-14-9-15-35-25-27-39(38)47(37)46(34)35/h1-30H. The summed E-state index contributed by atoms with van der Waals surface area (Å²) in [5.74, 6) is 0.716. The molecule has 2 nitrogen and oxygen atoms in total. The molecule has 0 fully saturated rings. The van der Waals surface area contributed by atoms with Crippen LogP contribution in [0.5, 0.6) is 0 Å². The smallest absolute Gasteiger partial charge is 0.161 e. The molecule has 0 aliphatic heterocycles. The number of benzene rings is 9. The van der Waals surface area contributed by atoms with Gasteiger partial charge in [-0.15, -0.1) is 11.3 Å². The number of rotatable bonds is 5. The maximum absolute atomic E-state index is 5.29. The van der Waals surface area contributed by atoms with Gasteiger partial charge in [-0.2, -0.15) is 0 Å². The van der Waals surface area contributed by atoms with E-state index >= 15 is 0 Å². The fourth-order valence-electron chi connectivity index (χ4n) is 8.19. The monoisotopic (exact) mass is 690 g/mol. The van der Waals surface area contributed by atoms with Gasteiger partial charge in [-0.05, 0) is 73.3 Å². The van der Waals surface area contributed by atoms with Crippen molar-refractivity contribution in [2.75, 3.05) is 0 Å². The lowest BCUT2D eigenvalue weighted by molar-refractivity contribution is 1.18. The van der Waals surface area contributed by atoms with Crippen LogP contribution in [0.15, 0.2) is 182 Å². The van der Waals surface area contributed by atoms with Crippen LogP contribution in [0.1, 0.15) is 0 Å². The molecular formula is C50H30N2S. The molecule has 0 saturated heterocycles. The van der Waals surface area contributed by atoms with Crippen molar-refractivity contribution < 1.29 is 0 Å². The van der Waals surface area contributed by atoms with E-state index in [2.05, 4.69) is 170 Å². The Morgan fingerprint density at radius 2 is 0.925 bits per heavy atom. The van der Waals surface area contributed by atoms with Gasteiger partial charge in [-0.25, -0.2) is 9.97 Å².